The summed E-state index contributed by atoms with van der Waals surface area (Å²) in [5, 5.41) is 9.30. The molecule has 1 heterocycles. The summed E-state index contributed by atoms with van der Waals surface area (Å²) < 4.78 is 10.8. The third kappa shape index (κ3) is 1.92. The number of ether oxygens (including phenoxy) is 2. The molecule has 0 spiro atoms. The second-order valence-corrected chi connectivity index (χ2v) is 3.26. The summed E-state index contributed by atoms with van der Waals surface area (Å²) in [5.74, 6) is -0.794. The van der Waals surface area contributed by atoms with E-state index in [-0.39, 0.29) is 6.10 Å². The Kier molecular flexibility index (Phi) is 2.52. The molecule has 0 aliphatic carbocycles. The lowest BCUT2D eigenvalue weighted by atomic mass is 10.1. The normalized spacial score (nSPS) is 42.0. The smallest absolute Gasteiger partial charge is 0.191 e. The van der Waals surface area contributed by atoms with E-state index in [1.807, 2.05) is 6.92 Å². The first-order valence-electron chi connectivity index (χ1n) is 4.04. The highest BCUT2D eigenvalue weighted by Gasteiger charge is 2.36. The maximum Gasteiger partial charge on any atom is 0.191 e. The molecule has 1 aliphatic heterocycles. The first-order chi connectivity index (χ1) is 5.04. The third-order valence-corrected chi connectivity index (χ3v) is 2.11. The van der Waals surface area contributed by atoms with Gasteiger partial charge in [0.1, 0.15) is 6.10 Å². The lowest BCUT2D eigenvalue weighted by Crippen LogP contribution is -2.48. The van der Waals surface area contributed by atoms with Gasteiger partial charge in [-0.25, -0.2) is 0 Å². The Hall–Kier alpha value is -0.120. The van der Waals surface area contributed by atoms with Gasteiger partial charge in [0, 0.05) is 0 Å². The van der Waals surface area contributed by atoms with Gasteiger partial charge >= 0.3 is 0 Å². The molecule has 3 nitrogen and oxygen atoms in total. The van der Waals surface area contributed by atoms with Gasteiger partial charge in [0.05, 0.1) is 12.7 Å². The van der Waals surface area contributed by atoms with Crippen LogP contribution in [0.15, 0.2) is 0 Å². The zero-order valence-electron chi connectivity index (χ0n) is 7.33. The summed E-state index contributed by atoms with van der Waals surface area (Å²) in [6, 6.07) is 0. The van der Waals surface area contributed by atoms with Crippen LogP contribution >= 0.6 is 0 Å². The van der Waals surface area contributed by atoms with Crippen LogP contribution in [-0.4, -0.2) is 29.7 Å². The molecule has 0 aromatic heterocycles. The Balaban J connectivity index is 2.55. The minimum absolute atomic E-state index is 0.184. The molecule has 1 fully saturated rings. The van der Waals surface area contributed by atoms with E-state index in [9.17, 15) is 5.11 Å². The molecule has 66 valence electrons. The fourth-order valence-corrected chi connectivity index (χ4v) is 1.14. The van der Waals surface area contributed by atoms with E-state index in [1.54, 1.807) is 13.8 Å². The van der Waals surface area contributed by atoms with Crippen LogP contribution in [0.3, 0.4) is 0 Å². The van der Waals surface area contributed by atoms with Crippen LogP contribution in [0, 0.1) is 0 Å². The Morgan fingerprint density at radius 2 is 2.27 bits per heavy atom. The average molecular weight is 160 g/mol. The Bertz CT molecular complexity index is 135. The molecule has 3 atom stereocenters. The van der Waals surface area contributed by atoms with Gasteiger partial charge in [-0.15, -0.1) is 0 Å². The highest BCUT2D eigenvalue weighted by atomic mass is 16.7. The molecule has 0 saturated carbocycles. The number of hydrogen-bond acceptors (Lipinski definition) is 3. The van der Waals surface area contributed by atoms with Crippen LogP contribution in [0.1, 0.15) is 27.2 Å². The van der Waals surface area contributed by atoms with Gasteiger partial charge < -0.3 is 14.6 Å². The minimum Gasteiger partial charge on any atom is -0.388 e. The second kappa shape index (κ2) is 3.09. The molecule has 0 amide bonds. The van der Waals surface area contributed by atoms with Crippen molar-refractivity contribution in [3.05, 3.63) is 0 Å². The standard InChI is InChI=1S/C8H16O3/c1-6-4-5-10-8(3,11-6)7(2)9/h6-7,9H,4-5H2,1-3H3. The molecule has 3 heteroatoms. The van der Waals surface area contributed by atoms with Gasteiger partial charge in [-0.2, -0.15) is 0 Å². The fraction of sp³-hybridized carbons (Fsp3) is 1.00. The quantitative estimate of drug-likeness (QED) is 0.619. The van der Waals surface area contributed by atoms with Gasteiger partial charge in [-0.1, -0.05) is 0 Å². The van der Waals surface area contributed by atoms with Crippen molar-refractivity contribution in [2.24, 2.45) is 0 Å². The molecule has 0 aromatic rings. The number of hydrogen-bond donors (Lipinski definition) is 1. The summed E-state index contributed by atoms with van der Waals surface area (Å²) in [5.41, 5.74) is 0. The van der Waals surface area contributed by atoms with E-state index >= 15 is 0 Å². The van der Waals surface area contributed by atoms with Crippen molar-refractivity contribution in [2.75, 3.05) is 6.61 Å². The van der Waals surface area contributed by atoms with Crippen molar-refractivity contribution in [3.8, 4) is 0 Å². The molecule has 11 heavy (non-hydrogen) atoms. The topological polar surface area (TPSA) is 38.7 Å². The first kappa shape index (κ1) is 8.97. The molecule has 0 aromatic carbocycles. The van der Waals surface area contributed by atoms with Gasteiger partial charge in [0.15, 0.2) is 5.79 Å². The SMILES string of the molecule is CC1CCOC(C)(C(C)O)O1. The molecule has 0 bridgehead atoms. The van der Waals surface area contributed by atoms with Crippen molar-refractivity contribution < 1.29 is 14.6 Å². The highest BCUT2D eigenvalue weighted by Crippen LogP contribution is 2.25. The van der Waals surface area contributed by atoms with Crippen LogP contribution in [-0.2, 0) is 9.47 Å². The summed E-state index contributed by atoms with van der Waals surface area (Å²) in [6.07, 6.45) is 0.510. The van der Waals surface area contributed by atoms with Crippen molar-refractivity contribution in [3.63, 3.8) is 0 Å². The van der Waals surface area contributed by atoms with E-state index in [4.69, 9.17) is 9.47 Å². The molecule has 1 N–H and O–H groups in total. The lowest BCUT2D eigenvalue weighted by molar-refractivity contribution is -0.313. The zero-order valence-corrected chi connectivity index (χ0v) is 7.33. The second-order valence-electron chi connectivity index (χ2n) is 3.26. The van der Waals surface area contributed by atoms with Crippen LogP contribution in [0.25, 0.3) is 0 Å². The van der Waals surface area contributed by atoms with Gasteiger partial charge in [0.25, 0.3) is 0 Å². The lowest BCUT2D eigenvalue weighted by Gasteiger charge is -2.39. The summed E-state index contributed by atoms with van der Waals surface area (Å²) in [6.45, 7) is 6.11. The van der Waals surface area contributed by atoms with E-state index in [0.717, 1.165) is 6.42 Å². The highest BCUT2D eigenvalue weighted by molar-refractivity contribution is 4.75. The number of rotatable bonds is 1. The monoisotopic (exact) mass is 160 g/mol. The molecule has 0 radical (unpaired) electrons. The van der Waals surface area contributed by atoms with Gasteiger partial charge in [-0.3, -0.25) is 0 Å². The average Bonchev–Trinajstić information content (AvgIpc) is 1.86. The molecule has 1 aliphatic rings. The Labute approximate surface area is 67.3 Å². The van der Waals surface area contributed by atoms with Crippen LogP contribution in [0.2, 0.25) is 0 Å². The molecular formula is C8H16O3. The van der Waals surface area contributed by atoms with Crippen molar-refractivity contribution >= 4 is 0 Å². The number of aliphatic hydroxyl groups is 1. The molecular weight excluding hydrogens is 144 g/mol. The number of aliphatic hydroxyl groups excluding tert-OH is 1. The van der Waals surface area contributed by atoms with Gasteiger partial charge in [0.2, 0.25) is 0 Å². The van der Waals surface area contributed by atoms with Gasteiger partial charge in [-0.05, 0) is 27.2 Å². The van der Waals surface area contributed by atoms with Crippen LogP contribution in [0.4, 0.5) is 0 Å². The molecule has 1 rings (SSSR count). The van der Waals surface area contributed by atoms with E-state index in [2.05, 4.69) is 0 Å². The van der Waals surface area contributed by atoms with Crippen LogP contribution in [0.5, 0.6) is 0 Å². The van der Waals surface area contributed by atoms with E-state index in [1.165, 1.54) is 0 Å². The van der Waals surface area contributed by atoms with Crippen LogP contribution < -0.4 is 0 Å². The maximum atomic E-state index is 9.30. The molecule has 1 saturated heterocycles. The maximum absolute atomic E-state index is 9.30. The van der Waals surface area contributed by atoms with Crippen molar-refractivity contribution in [1.82, 2.24) is 0 Å². The summed E-state index contributed by atoms with van der Waals surface area (Å²) in [4.78, 5) is 0. The van der Waals surface area contributed by atoms with E-state index in [0.29, 0.717) is 6.61 Å². The predicted molar refractivity (Wildman–Crippen MR) is 41.2 cm³/mol. The zero-order chi connectivity index (χ0) is 8.48. The minimum atomic E-state index is -0.794. The summed E-state index contributed by atoms with van der Waals surface area (Å²) >= 11 is 0. The fourth-order valence-electron chi connectivity index (χ4n) is 1.14. The Morgan fingerprint density at radius 1 is 1.64 bits per heavy atom. The third-order valence-electron chi connectivity index (χ3n) is 2.11. The van der Waals surface area contributed by atoms with Crippen molar-refractivity contribution in [1.29, 1.82) is 0 Å². The first-order valence-corrected chi connectivity index (χ1v) is 4.04. The van der Waals surface area contributed by atoms with E-state index < -0.39 is 11.9 Å². The summed E-state index contributed by atoms with van der Waals surface area (Å²) in [7, 11) is 0. The predicted octanol–water partition coefficient (Wildman–Crippen LogP) is 0.909. The molecule has 3 unspecified atom stereocenters. The largest absolute Gasteiger partial charge is 0.388 e. The Morgan fingerprint density at radius 3 is 2.64 bits per heavy atom. The van der Waals surface area contributed by atoms with Crippen molar-refractivity contribution in [2.45, 2.75) is 45.2 Å².